The van der Waals surface area contributed by atoms with Gasteiger partial charge in [-0.25, -0.2) is 0 Å². The highest BCUT2D eigenvalue weighted by Crippen LogP contribution is 2.29. The van der Waals surface area contributed by atoms with Gasteiger partial charge in [-0.05, 0) is 49.3 Å². The molecular formula is C14H22ClNO. The first kappa shape index (κ1) is 14.3. The van der Waals surface area contributed by atoms with Crippen LogP contribution in [0.15, 0.2) is 24.3 Å². The summed E-state index contributed by atoms with van der Waals surface area (Å²) in [5, 5.41) is 0. The Hall–Kier alpha value is -0.730. The Morgan fingerprint density at radius 1 is 1.41 bits per heavy atom. The molecular weight excluding hydrogens is 234 g/mol. The lowest BCUT2D eigenvalue weighted by Crippen LogP contribution is -2.21. The van der Waals surface area contributed by atoms with Crippen LogP contribution in [-0.2, 0) is 6.42 Å². The lowest BCUT2D eigenvalue weighted by Gasteiger charge is -2.10. The summed E-state index contributed by atoms with van der Waals surface area (Å²) in [4.78, 5) is 0. The Morgan fingerprint density at radius 3 is 2.82 bits per heavy atom. The molecule has 96 valence electrons. The predicted molar refractivity (Wildman–Crippen MR) is 73.9 cm³/mol. The van der Waals surface area contributed by atoms with Crippen molar-refractivity contribution >= 4 is 12.4 Å². The van der Waals surface area contributed by atoms with Crippen LogP contribution in [0.4, 0.5) is 0 Å². The van der Waals surface area contributed by atoms with Crippen LogP contribution in [0, 0.1) is 5.92 Å². The Bertz CT molecular complexity index is 339. The predicted octanol–water partition coefficient (Wildman–Crippen LogP) is 3.18. The molecule has 0 aliphatic heterocycles. The second-order valence-corrected chi connectivity index (χ2v) is 4.77. The fourth-order valence-corrected chi connectivity index (χ4v) is 1.71. The van der Waals surface area contributed by atoms with E-state index in [-0.39, 0.29) is 18.4 Å². The maximum absolute atomic E-state index is 5.95. The minimum Gasteiger partial charge on any atom is -0.493 e. The second kappa shape index (κ2) is 6.87. The van der Waals surface area contributed by atoms with Crippen LogP contribution < -0.4 is 10.5 Å². The van der Waals surface area contributed by atoms with Gasteiger partial charge in [0.05, 0.1) is 6.61 Å². The van der Waals surface area contributed by atoms with Crippen LogP contribution in [0.5, 0.6) is 5.75 Å². The fraction of sp³-hybridized carbons (Fsp3) is 0.571. The van der Waals surface area contributed by atoms with Gasteiger partial charge in [-0.1, -0.05) is 19.1 Å². The summed E-state index contributed by atoms with van der Waals surface area (Å²) < 4.78 is 5.74. The minimum absolute atomic E-state index is 0. The van der Waals surface area contributed by atoms with Gasteiger partial charge in [0.15, 0.2) is 0 Å². The molecule has 1 fully saturated rings. The normalized spacial score (nSPS) is 16.1. The largest absolute Gasteiger partial charge is 0.493 e. The van der Waals surface area contributed by atoms with E-state index in [1.165, 1.54) is 18.4 Å². The monoisotopic (exact) mass is 255 g/mol. The molecule has 0 aromatic heterocycles. The van der Waals surface area contributed by atoms with Gasteiger partial charge in [0, 0.05) is 6.04 Å². The molecule has 0 spiro atoms. The van der Waals surface area contributed by atoms with E-state index in [0.29, 0.717) is 0 Å². The molecule has 1 saturated carbocycles. The van der Waals surface area contributed by atoms with Gasteiger partial charge >= 0.3 is 0 Å². The van der Waals surface area contributed by atoms with Crippen molar-refractivity contribution in [2.24, 2.45) is 11.7 Å². The molecule has 2 nitrogen and oxygen atoms in total. The average Bonchev–Trinajstić information content (AvgIpc) is 3.10. The van der Waals surface area contributed by atoms with Crippen LogP contribution in [0.3, 0.4) is 0 Å². The summed E-state index contributed by atoms with van der Waals surface area (Å²) in [6.07, 6.45) is 4.63. The van der Waals surface area contributed by atoms with Crippen molar-refractivity contribution in [2.45, 2.75) is 38.6 Å². The van der Waals surface area contributed by atoms with Crippen molar-refractivity contribution in [1.29, 1.82) is 0 Å². The minimum atomic E-state index is 0. The Kier molecular flexibility index (Phi) is 5.79. The van der Waals surface area contributed by atoms with E-state index < -0.39 is 0 Å². The molecule has 0 saturated heterocycles. The zero-order valence-corrected chi connectivity index (χ0v) is 11.2. The first-order valence-corrected chi connectivity index (χ1v) is 6.25. The second-order valence-electron chi connectivity index (χ2n) is 4.77. The summed E-state index contributed by atoms with van der Waals surface area (Å²) in [6, 6.07) is 8.60. The lowest BCUT2D eigenvalue weighted by molar-refractivity contribution is 0.299. The van der Waals surface area contributed by atoms with E-state index in [4.69, 9.17) is 10.5 Å². The molecule has 1 aliphatic rings. The number of halogens is 1. The molecule has 1 aromatic carbocycles. The van der Waals surface area contributed by atoms with Gasteiger partial charge in [-0.2, -0.15) is 0 Å². The van der Waals surface area contributed by atoms with Gasteiger partial charge in [0.2, 0.25) is 0 Å². The molecule has 0 heterocycles. The zero-order valence-electron chi connectivity index (χ0n) is 10.4. The fourth-order valence-electron chi connectivity index (χ4n) is 1.71. The van der Waals surface area contributed by atoms with Gasteiger partial charge < -0.3 is 10.5 Å². The van der Waals surface area contributed by atoms with E-state index >= 15 is 0 Å². The van der Waals surface area contributed by atoms with Crippen LogP contribution in [0.1, 0.15) is 31.7 Å². The van der Waals surface area contributed by atoms with Crippen LogP contribution in [0.25, 0.3) is 0 Å². The average molecular weight is 256 g/mol. The highest BCUT2D eigenvalue weighted by Gasteiger charge is 2.21. The van der Waals surface area contributed by atoms with E-state index in [2.05, 4.69) is 25.1 Å². The molecule has 1 aliphatic carbocycles. The third-order valence-corrected chi connectivity index (χ3v) is 3.10. The Labute approximate surface area is 110 Å². The van der Waals surface area contributed by atoms with Crippen LogP contribution in [0.2, 0.25) is 0 Å². The van der Waals surface area contributed by atoms with Crippen molar-refractivity contribution in [1.82, 2.24) is 0 Å². The van der Waals surface area contributed by atoms with E-state index in [1.807, 2.05) is 6.07 Å². The van der Waals surface area contributed by atoms with Gasteiger partial charge in [0.25, 0.3) is 0 Å². The molecule has 17 heavy (non-hydrogen) atoms. The number of benzene rings is 1. The number of rotatable bonds is 6. The number of hydrogen-bond acceptors (Lipinski definition) is 2. The van der Waals surface area contributed by atoms with Crippen molar-refractivity contribution in [3.8, 4) is 5.75 Å². The Balaban J connectivity index is 0.00000144. The van der Waals surface area contributed by atoms with Gasteiger partial charge in [-0.15, -0.1) is 12.4 Å². The third kappa shape index (κ3) is 4.97. The standard InChI is InChI=1S/C14H21NO.ClH/c1-2-13(15)8-12-4-3-5-14(9-12)16-10-11-6-7-11;/h3-5,9,11,13H,2,6-8,10,15H2,1H3;1H. The quantitative estimate of drug-likeness (QED) is 0.847. The van der Waals surface area contributed by atoms with Gasteiger partial charge in [0.1, 0.15) is 5.75 Å². The summed E-state index contributed by atoms with van der Waals surface area (Å²) in [6.45, 7) is 3.00. The number of hydrogen-bond donors (Lipinski definition) is 1. The molecule has 1 aromatic rings. The highest BCUT2D eigenvalue weighted by atomic mass is 35.5. The highest BCUT2D eigenvalue weighted by molar-refractivity contribution is 5.85. The maximum atomic E-state index is 5.95. The number of nitrogens with two attached hydrogens (primary N) is 1. The molecule has 0 amide bonds. The maximum Gasteiger partial charge on any atom is 0.119 e. The Morgan fingerprint density at radius 2 is 2.18 bits per heavy atom. The van der Waals surface area contributed by atoms with Crippen molar-refractivity contribution in [3.63, 3.8) is 0 Å². The molecule has 1 atom stereocenters. The summed E-state index contributed by atoms with van der Waals surface area (Å²) in [5.41, 5.74) is 7.23. The molecule has 0 bridgehead atoms. The molecule has 2 N–H and O–H groups in total. The van der Waals surface area contributed by atoms with Crippen LogP contribution >= 0.6 is 12.4 Å². The topological polar surface area (TPSA) is 35.2 Å². The molecule has 2 rings (SSSR count). The van der Waals surface area contributed by atoms with Crippen molar-refractivity contribution < 1.29 is 4.74 Å². The van der Waals surface area contributed by atoms with E-state index in [1.54, 1.807) is 0 Å². The van der Waals surface area contributed by atoms with E-state index in [0.717, 1.165) is 31.1 Å². The van der Waals surface area contributed by atoms with Crippen molar-refractivity contribution in [3.05, 3.63) is 29.8 Å². The van der Waals surface area contributed by atoms with Crippen molar-refractivity contribution in [2.75, 3.05) is 6.61 Å². The zero-order chi connectivity index (χ0) is 11.4. The van der Waals surface area contributed by atoms with Crippen LogP contribution in [-0.4, -0.2) is 12.6 Å². The summed E-state index contributed by atoms with van der Waals surface area (Å²) in [7, 11) is 0. The first-order valence-electron chi connectivity index (χ1n) is 6.25. The molecule has 1 unspecified atom stereocenters. The van der Waals surface area contributed by atoms with E-state index in [9.17, 15) is 0 Å². The third-order valence-electron chi connectivity index (χ3n) is 3.10. The smallest absolute Gasteiger partial charge is 0.119 e. The summed E-state index contributed by atoms with van der Waals surface area (Å²) in [5.74, 6) is 1.80. The molecule has 3 heteroatoms. The lowest BCUT2D eigenvalue weighted by atomic mass is 10.0. The van der Waals surface area contributed by atoms with Gasteiger partial charge in [-0.3, -0.25) is 0 Å². The SMILES string of the molecule is CCC(N)Cc1cccc(OCC2CC2)c1.Cl. The molecule has 0 radical (unpaired) electrons. The first-order chi connectivity index (χ1) is 7.78. The number of ether oxygens (including phenoxy) is 1. The summed E-state index contributed by atoms with van der Waals surface area (Å²) >= 11 is 0.